The highest BCUT2D eigenvalue weighted by atomic mass is 35.5. The van der Waals surface area contributed by atoms with E-state index in [2.05, 4.69) is 5.32 Å². The zero-order chi connectivity index (χ0) is 16.8. The molecule has 2 aromatic rings. The summed E-state index contributed by atoms with van der Waals surface area (Å²) in [7, 11) is 1.60. The second-order valence-corrected chi connectivity index (χ2v) is 5.59. The quantitative estimate of drug-likeness (QED) is 0.811. The van der Waals surface area contributed by atoms with Crippen molar-refractivity contribution in [3.05, 3.63) is 57.6 Å². The van der Waals surface area contributed by atoms with Crippen molar-refractivity contribution < 1.29 is 14.3 Å². The first kappa shape index (κ1) is 17.6. The van der Waals surface area contributed by atoms with Gasteiger partial charge in [0.15, 0.2) is 0 Å². The first-order chi connectivity index (χ1) is 11.0. The molecule has 2 aromatic carbocycles. The predicted molar refractivity (Wildman–Crippen MR) is 92.7 cm³/mol. The molecule has 6 heteroatoms. The van der Waals surface area contributed by atoms with E-state index in [4.69, 9.17) is 32.7 Å². The fourth-order valence-corrected chi connectivity index (χ4v) is 2.36. The lowest BCUT2D eigenvalue weighted by Gasteiger charge is -2.12. The molecule has 1 N–H and O–H groups in total. The van der Waals surface area contributed by atoms with Gasteiger partial charge in [-0.2, -0.15) is 0 Å². The van der Waals surface area contributed by atoms with E-state index in [9.17, 15) is 4.79 Å². The van der Waals surface area contributed by atoms with Gasteiger partial charge < -0.3 is 14.8 Å². The molecule has 0 atom stereocenters. The van der Waals surface area contributed by atoms with Crippen molar-refractivity contribution >= 4 is 34.8 Å². The molecule has 0 fully saturated rings. The molecule has 0 bridgehead atoms. The highest BCUT2D eigenvalue weighted by Crippen LogP contribution is 2.26. The van der Waals surface area contributed by atoms with E-state index < -0.39 is 0 Å². The van der Waals surface area contributed by atoms with E-state index in [0.29, 0.717) is 40.3 Å². The van der Waals surface area contributed by atoms with Crippen LogP contribution < -0.4 is 10.1 Å². The van der Waals surface area contributed by atoms with E-state index in [-0.39, 0.29) is 5.91 Å². The Morgan fingerprint density at radius 2 is 1.91 bits per heavy atom. The molecule has 0 heterocycles. The van der Waals surface area contributed by atoms with Crippen LogP contribution in [0.4, 0.5) is 5.69 Å². The standard InChI is InChI=1S/C17H17Cl2NO3/c1-3-23-16-7-4-11(8-12(16)10-22-2)17(21)20-13-5-6-14(18)15(19)9-13/h4-9H,3,10H2,1-2H3,(H,20,21). The molecule has 0 saturated carbocycles. The van der Waals surface area contributed by atoms with Crippen LogP contribution in [0.2, 0.25) is 10.0 Å². The van der Waals surface area contributed by atoms with Gasteiger partial charge in [-0.15, -0.1) is 0 Å². The summed E-state index contributed by atoms with van der Waals surface area (Å²) in [4.78, 5) is 12.4. The summed E-state index contributed by atoms with van der Waals surface area (Å²) in [5.74, 6) is 0.462. The monoisotopic (exact) mass is 353 g/mol. The number of carbonyl (C=O) groups is 1. The molecule has 0 aliphatic heterocycles. The molecule has 23 heavy (non-hydrogen) atoms. The molecule has 122 valence electrons. The van der Waals surface area contributed by atoms with Gasteiger partial charge in [0.1, 0.15) is 5.75 Å². The van der Waals surface area contributed by atoms with Crippen LogP contribution in [-0.2, 0) is 11.3 Å². The molecule has 4 nitrogen and oxygen atoms in total. The molecule has 0 aliphatic rings. The normalized spacial score (nSPS) is 10.4. The molecule has 0 saturated heterocycles. The lowest BCUT2D eigenvalue weighted by atomic mass is 10.1. The van der Waals surface area contributed by atoms with Gasteiger partial charge in [0.2, 0.25) is 0 Å². The van der Waals surface area contributed by atoms with E-state index >= 15 is 0 Å². The number of nitrogens with one attached hydrogen (secondary N) is 1. The lowest BCUT2D eigenvalue weighted by Crippen LogP contribution is -2.12. The Morgan fingerprint density at radius 1 is 1.13 bits per heavy atom. The average molecular weight is 354 g/mol. The summed E-state index contributed by atoms with van der Waals surface area (Å²) < 4.78 is 10.7. The predicted octanol–water partition coefficient (Wildman–Crippen LogP) is 4.79. The first-order valence-corrected chi connectivity index (χ1v) is 7.81. The smallest absolute Gasteiger partial charge is 0.255 e. The number of benzene rings is 2. The first-order valence-electron chi connectivity index (χ1n) is 7.06. The topological polar surface area (TPSA) is 47.6 Å². The number of anilines is 1. The summed E-state index contributed by atoms with van der Waals surface area (Å²) in [6.07, 6.45) is 0. The highest BCUT2D eigenvalue weighted by Gasteiger charge is 2.11. The molecule has 0 aromatic heterocycles. The third-order valence-corrected chi connectivity index (χ3v) is 3.84. The molecule has 2 rings (SSSR count). The molecular formula is C17H17Cl2NO3. The largest absolute Gasteiger partial charge is 0.494 e. The Hall–Kier alpha value is -1.75. The Morgan fingerprint density at radius 3 is 2.57 bits per heavy atom. The van der Waals surface area contributed by atoms with Gasteiger partial charge in [0.25, 0.3) is 5.91 Å². The molecular weight excluding hydrogens is 337 g/mol. The number of ether oxygens (including phenoxy) is 2. The number of hydrogen-bond donors (Lipinski definition) is 1. The summed E-state index contributed by atoms with van der Waals surface area (Å²) in [5, 5.41) is 3.61. The maximum absolute atomic E-state index is 12.4. The van der Waals surface area contributed by atoms with Crippen LogP contribution in [0.3, 0.4) is 0 Å². The lowest BCUT2D eigenvalue weighted by molar-refractivity contribution is 0.102. The van der Waals surface area contributed by atoms with Gasteiger partial charge >= 0.3 is 0 Å². The number of rotatable bonds is 6. The molecule has 0 spiro atoms. The number of carbonyl (C=O) groups excluding carboxylic acids is 1. The van der Waals surface area contributed by atoms with Gasteiger partial charge in [-0.1, -0.05) is 23.2 Å². The SMILES string of the molecule is CCOc1ccc(C(=O)Nc2ccc(Cl)c(Cl)c2)cc1COC. The van der Waals surface area contributed by atoms with Crippen LogP contribution in [0.1, 0.15) is 22.8 Å². The minimum absolute atomic E-state index is 0.246. The zero-order valence-electron chi connectivity index (χ0n) is 12.9. The minimum Gasteiger partial charge on any atom is -0.494 e. The van der Waals surface area contributed by atoms with Crippen LogP contribution in [0.15, 0.2) is 36.4 Å². The second-order valence-electron chi connectivity index (χ2n) is 4.77. The van der Waals surface area contributed by atoms with E-state index in [1.165, 1.54) is 0 Å². The number of halogens is 2. The third kappa shape index (κ3) is 4.61. The Bertz CT molecular complexity index is 704. The van der Waals surface area contributed by atoms with Crippen molar-refractivity contribution in [2.24, 2.45) is 0 Å². The van der Waals surface area contributed by atoms with Crippen molar-refractivity contribution in [1.82, 2.24) is 0 Å². The maximum Gasteiger partial charge on any atom is 0.255 e. The third-order valence-electron chi connectivity index (χ3n) is 3.10. The highest BCUT2D eigenvalue weighted by molar-refractivity contribution is 6.42. The van der Waals surface area contributed by atoms with Gasteiger partial charge in [0.05, 0.1) is 23.3 Å². The number of amides is 1. The maximum atomic E-state index is 12.4. The van der Waals surface area contributed by atoms with E-state index in [1.54, 1.807) is 43.5 Å². The molecule has 0 radical (unpaired) electrons. The Kier molecular flexibility index (Phi) is 6.28. The van der Waals surface area contributed by atoms with Gasteiger partial charge in [-0.25, -0.2) is 0 Å². The van der Waals surface area contributed by atoms with Crippen molar-refractivity contribution in [3.8, 4) is 5.75 Å². The Labute approximate surface area is 145 Å². The van der Waals surface area contributed by atoms with Crippen LogP contribution in [0.5, 0.6) is 5.75 Å². The summed E-state index contributed by atoms with van der Waals surface area (Å²) in [5.41, 5.74) is 1.90. The number of methoxy groups -OCH3 is 1. The van der Waals surface area contributed by atoms with Crippen molar-refractivity contribution in [2.75, 3.05) is 19.0 Å². The molecule has 0 unspecified atom stereocenters. The van der Waals surface area contributed by atoms with E-state index in [1.807, 2.05) is 6.92 Å². The van der Waals surface area contributed by atoms with Crippen LogP contribution in [-0.4, -0.2) is 19.6 Å². The second kappa shape index (κ2) is 8.20. The fraction of sp³-hybridized carbons (Fsp3) is 0.235. The zero-order valence-corrected chi connectivity index (χ0v) is 14.4. The summed E-state index contributed by atoms with van der Waals surface area (Å²) >= 11 is 11.8. The number of hydrogen-bond acceptors (Lipinski definition) is 3. The fourth-order valence-electron chi connectivity index (χ4n) is 2.06. The average Bonchev–Trinajstić information content (AvgIpc) is 2.53. The van der Waals surface area contributed by atoms with Crippen molar-refractivity contribution in [1.29, 1.82) is 0 Å². The van der Waals surface area contributed by atoms with Crippen molar-refractivity contribution in [3.63, 3.8) is 0 Å². The Balaban J connectivity index is 2.21. The van der Waals surface area contributed by atoms with Gasteiger partial charge in [0, 0.05) is 23.9 Å². The van der Waals surface area contributed by atoms with Gasteiger partial charge in [-0.3, -0.25) is 4.79 Å². The van der Waals surface area contributed by atoms with Crippen LogP contribution >= 0.6 is 23.2 Å². The molecule has 1 amide bonds. The van der Waals surface area contributed by atoms with Gasteiger partial charge in [-0.05, 0) is 43.3 Å². The van der Waals surface area contributed by atoms with Crippen molar-refractivity contribution in [2.45, 2.75) is 13.5 Å². The summed E-state index contributed by atoms with van der Waals surface area (Å²) in [6.45, 7) is 2.82. The molecule has 0 aliphatic carbocycles. The minimum atomic E-state index is -0.246. The van der Waals surface area contributed by atoms with E-state index in [0.717, 1.165) is 5.56 Å². The van der Waals surface area contributed by atoms with Crippen LogP contribution in [0, 0.1) is 0 Å². The summed E-state index contributed by atoms with van der Waals surface area (Å²) in [6, 6.07) is 10.1. The van der Waals surface area contributed by atoms with Crippen LogP contribution in [0.25, 0.3) is 0 Å².